The summed E-state index contributed by atoms with van der Waals surface area (Å²) in [5.41, 5.74) is 0. The molecule has 96 valence electrons. The van der Waals surface area contributed by atoms with Crippen LogP contribution in [0.5, 0.6) is 5.75 Å². The Kier molecular flexibility index (Phi) is 4.91. The van der Waals surface area contributed by atoms with Crippen molar-refractivity contribution in [1.82, 2.24) is 0 Å². The highest BCUT2D eigenvalue weighted by Crippen LogP contribution is 2.60. The lowest BCUT2D eigenvalue weighted by Crippen LogP contribution is -2.22. The molecular formula is C11H15Cl2O3P. The minimum atomic E-state index is -3.93. The molecule has 1 aromatic rings. The zero-order chi connectivity index (χ0) is 13.1. The van der Waals surface area contributed by atoms with Crippen LogP contribution in [-0.2, 0) is 4.57 Å². The van der Waals surface area contributed by atoms with E-state index < -0.39 is 12.2 Å². The van der Waals surface area contributed by atoms with Gasteiger partial charge in [-0.15, -0.1) is 11.6 Å². The second-order valence-corrected chi connectivity index (χ2v) is 7.19. The van der Waals surface area contributed by atoms with Crippen molar-refractivity contribution >= 4 is 30.8 Å². The van der Waals surface area contributed by atoms with E-state index in [0.717, 1.165) is 0 Å². The Hall–Kier alpha value is -0.210. The van der Waals surface area contributed by atoms with Gasteiger partial charge in [-0.1, -0.05) is 25.4 Å². The largest absolute Gasteiger partial charge is 0.423 e. The molecule has 6 heteroatoms. The topological polar surface area (TPSA) is 46.5 Å². The minimum absolute atomic E-state index is 0.284. The maximum absolute atomic E-state index is 12.1. The van der Waals surface area contributed by atoms with Crippen LogP contribution in [-0.4, -0.2) is 9.51 Å². The highest BCUT2D eigenvalue weighted by molar-refractivity contribution is 7.57. The summed E-state index contributed by atoms with van der Waals surface area (Å²) < 4.78 is 16.0. The molecule has 3 nitrogen and oxygen atoms in total. The first-order valence-corrected chi connectivity index (χ1v) is 7.65. The second kappa shape index (κ2) is 5.62. The molecule has 17 heavy (non-hydrogen) atoms. The summed E-state index contributed by atoms with van der Waals surface area (Å²) in [4.78, 5) is 9.92. The number of rotatable bonds is 5. The first-order chi connectivity index (χ1) is 7.84. The molecule has 0 heterocycles. The summed E-state index contributed by atoms with van der Waals surface area (Å²) in [6.45, 7) is 3.51. The first kappa shape index (κ1) is 14.8. The molecule has 0 bridgehead atoms. The lowest BCUT2D eigenvalue weighted by Gasteiger charge is -2.28. The van der Waals surface area contributed by atoms with Gasteiger partial charge >= 0.3 is 7.60 Å². The fourth-order valence-corrected chi connectivity index (χ4v) is 2.97. The maximum Gasteiger partial charge on any atom is 0.397 e. The van der Waals surface area contributed by atoms with Crippen molar-refractivity contribution in [3.05, 3.63) is 29.3 Å². The SMILES string of the molecule is CCC(Cl)(CC)P(=O)(O)Oc1ccc(Cl)cc1. The molecule has 0 saturated heterocycles. The van der Waals surface area contributed by atoms with Crippen molar-refractivity contribution in [2.75, 3.05) is 0 Å². The minimum Gasteiger partial charge on any atom is -0.423 e. The second-order valence-electron chi connectivity index (χ2n) is 3.69. The van der Waals surface area contributed by atoms with Crippen molar-refractivity contribution < 1.29 is 14.0 Å². The van der Waals surface area contributed by atoms with Gasteiger partial charge in [0.1, 0.15) is 5.75 Å². The highest BCUT2D eigenvalue weighted by atomic mass is 35.5. The van der Waals surface area contributed by atoms with Gasteiger partial charge in [0.05, 0.1) is 0 Å². The van der Waals surface area contributed by atoms with Crippen LogP contribution in [0.2, 0.25) is 5.02 Å². The number of hydrogen-bond donors (Lipinski definition) is 1. The van der Waals surface area contributed by atoms with Gasteiger partial charge in [0, 0.05) is 5.02 Å². The molecule has 0 radical (unpaired) electrons. The Bertz CT molecular complexity index is 415. The number of benzene rings is 1. The third kappa shape index (κ3) is 3.38. The fraction of sp³-hybridized carbons (Fsp3) is 0.455. The summed E-state index contributed by atoms with van der Waals surface area (Å²) in [5.74, 6) is 0.284. The van der Waals surface area contributed by atoms with Gasteiger partial charge in [-0.05, 0) is 37.1 Å². The van der Waals surface area contributed by atoms with Crippen LogP contribution in [0.4, 0.5) is 0 Å². The molecule has 0 spiro atoms. The fourth-order valence-electron chi connectivity index (χ4n) is 1.37. The molecule has 1 rings (SSSR count). The van der Waals surface area contributed by atoms with E-state index in [1.807, 2.05) is 0 Å². The van der Waals surface area contributed by atoms with Gasteiger partial charge < -0.3 is 9.42 Å². The maximum atomic E-state index is 12.1. The molecule has 1 unspecified atom stereocenters. The smallest absolute Gasteiger partial charge is 0.397 e. The number of hydrogen-bond acceptors (Lipinski definition) is 2. The quantitative estimate of drug-likeness (QED) is 0.635. The summed E-state index contributed by atoms with van der Waals surface area (Å²) in [7, 11) is -3.93. The van der Waals surface area contributed by atoms with Crippen LogP contribution >= 0.6 is 30.8 Å². The van der Waals surface area contributed by atoms with Crippen LogP contribution in [0.1, 0.15) is 26.7 Å². The Morgan fingerprint density at radius 1 is 1.29 bits per heavy atom. The van der Waals surface area contributed by atoms with Crippen LogP contribution < -0.4 is 4.52 Å². The predicted octanol–water partition coefficient (Wildman–Crippen LogP) is 4.66. The van der Waals surface area contributed by atoms with E-state index in [4.69, 9.17) is 27.7 Å². The van der Waals surface area contributed by atoms with E-state index in [1.54, 1.807) is 26.0 Å². The summed E-state index contributed by atoms with van der Waals surface area (Å²) in [6.07, 6.45) is 0.707. The highest BCUT2D eigenvalue weighted by Gasteiger charge is 2.46. The number of alkyl halides is 1. The van der Waals surface area contributed by atoms with Crippen molar-refractivity contribution in [3.8, 4) is 5.75 Å². The van der Waals surface area contributed by atoms with Gasteiger partial charge in [-0.3, -0.25) is 0 Å². The molecule has 0 aliphatic heterocycles. The Morgan fingerprint density at radius 3 is 2.18 bits per heavy atom. The Morgan fingerprint density at radius 2 is 1.76 bits per heavy atom. The lowest BCUT2D eigenvalue weighted by molar-refractivity contribution is 0.351. The molecule has 1 aromatic carbocycles. The Labute approximate surface area is 111 Å². The van der Waals surface area contributed by atoms with Crippen molar-refractivity contribution in [2.45, 2.75) is 31.3 Å². The molecule has 0 amide bonds. The standard InChI is InChI=1S/C11H15Cl2O3P/c1-3-11(13,4-2)17(14,15)16-10-7-5-9(12)6-8-10/h5-8H,3-4H2,1-2H3,(H,14,15). The van der Waals surface area contributed by atoms with Gasteiger partial charge in [0.15, 0.2) is 4.62 Å². The van der Waals surface area contributed by atoms with E-state index in [2.05, 4.69) is 0 Å². The molecule has 0 saturated carbocycles. The third-order valence-electron chi connectivity index (χ3n) is 2.63. The van der Waals surface area contributed by atoms with Crippen LogP contribution in [0.25, 0.3) is 0 Å². The zero-order valence-electron chi connectivity index (χ0n) is 9.69. The van der Waals surface area contributed by atoms with Crippen molar-refractivity contribution in [2.24, 2.45) is 0 Å². The van der Waals surface area contributed by atoms with E-state index in [0.29, 0.717) is 17.9 Å². The predicted molar refractivity (Wildman–Crippen MR) is 71.1 cm³/mol. The zero-order valence-corrected chi connectivity index (χ0v) is 12.1. The van der Waals surface area contributed by atoms with Crippen molar-refractivity contribution in [1.29, 1.82) is 0 Å². The van der Waals surface area contributed by atoms with E-state index in [9.17, 15) is 9.46 Å². The molecular weight excluding hydrogens is 282 g/mol. The van der Waals surface area contributed by atoms with Crippen LogP contribution in [0.3, 0.4) is 0 Å². The van der Waals surface area contributed by atoms with Gasteiger partial charge in [0.25, 0.3) is 0 Å². The summed E-state index contributed by atoms with van der Waals surface area (Å²) in [6, 6.07) is 6.25. The normalized spacial score (nSPS) is 15.4. The lowest BCUT2D eigenvalue weighted by atomic mass is 10.2. The Balaban J connectivity index is 2.93. The molecule has 0 aliphatic carbocycles. The third-order valence-corrected chi connectivity index (χ3v) is 6.16. The van der Waals surface area contributed by atoms with Crippen LogP contribution in [0.15, 0.2) is 24.3 Å². The van der Waals surface area contributed by atoms with Gasteiger partial charge in [-0.2, -0.15) is 0 Å². The summed E-state index contributed by atoms with van der Waals surface area (Å²) in [5, 5.41) is 0.535. The first-order valence-electron chi connectivity index (χ1n) is 5.31. The average Bonchev–Trinajstić information content (AvgIpc) is 2.30. The monoisotopic (exact) mass is 296 g/mol. The molecule has 0 aliphatic rings. The summed E-state index contributed by atoms with van der Waals surface area (Å²) >= 11 is 11.8. The van der Waals surface area contributed by atoms with Crippen molar-refractivity contribution in [3.63, 3.8) is 0 Å². The molecule has 0 aromatic heterocycles. The van der Waals surface area contributed by atoms with E-state index in [-0.39, 0.29) is 5.75 Å². The molecule has 1 N–H and O–H groups in total. The molecule has 0 fully saturated rings. The van der Waals surface area contributed by atoms with E-state index >= 15 is 0 Å². The van der Waals surface area contributed by atoms with Gasteiger partial charge in [-0.25, -0.2) is 4.57 Å². The average molecular weight is 297 g/mol. The van der Waals surface area contributed by atoms with Crippen LogP contribution in [0, 0.1) is 0 Å². The van der Waals surface area contributed by atoms with E-state index in [1.165, 1.54) is 12.1 Å². The molecule has 1 atom stereocenters. The van der Waals surface area contributed by atoms with Gasteiger partial charge in [0.2, 0.25) is 0 Å². The number of halogens is 2.